The lowest BCUT2D eigenvalue weighted by atomic mass is 9.85. The number of allylic oxidation sites excluding steroid dienone is 2. The molecule has 0 bridgehead atoms. The second kappa shape index (κ2) is 7.56. The molecule has 8 heteroatoms. The number of nitrogens with zero attached hydrogens (tertiary/aromatic N) is 1. The molecule has 1 saturated heterocycles. The van der Waals surface area contributed by atoms with Gasteiger partial charge in [-0.3, -0.25) is 14.5 Å². The molecule has 3 atom stereocenters. The SMILES string of the molecule is C[C@@H](C(=O)OCc1cc(Cl)cc2c1OCOC2)N1C(=O)[C@H]2CC=CC[C@@H]2C1=O. The number of fused-ring (bicyclic) bond motifs is 2. The Balaban J connectivity index is 1.45. The van der Waals surface area contributed by atoms with E-state index in [9.17, 15) is 14.4 Å². The van der Waals surface area contributed by atoms with E-state index in [1.54, 1.807) is 12.1 Å². The average Bonchev–Trinajstić information content (AvgIpc) is 2.96. The van der Waals surface area contributed by atoms with Gasteiger partial charge in [-0.25, -0.2) is 4.79 Å². The number of carbonyl (C=O) groups excluding carboxylic acids is 3. The smallest absolute Gasteiger partial charge is 0.329 e. The molecule has 0 radical (unpaired) electrons. The first-order valence-electron chi connectivity index (χ1n) is 9.17. The Kier molecular flexibility index (Phi) is 5.12. The van der Waals surface area contributed by atoms with Gasteiger partial charge < -0.3 is 14.2 Å². The number of hydrogen-bond donors (Lipinski definition) is 0. The molecule has 7 nitrogen and oxygen atoms in total. The van der Waals surface area contributed by atoms with Crippen LogP contribution in [0.4, 0.5) is 0 Å². The van der Waals surface area contributed by atoms with Crippen molar-refractivity contribution in [2.75, 3.05) is 6.79 Å². The highest BCUT2D eigenvalue weighted by atomic mass is 35.5. The van der Waals surface area contributed by atoms with Crippen LogP contribution in [-0.4, -0.2) is 35.5 Å². The molecule has 1 fully saturated rings. The van der Waals surface area contributed by atoms with Crippen LogP contribution in [0.25, 0.3) is 0 Å². The van der Waals surface area contributed by atoms with Crippen LogP contribution >= 0.6 is 11.6 Å². The number of amides is 2. The molecule has 1 aliphatic carbocycles. The van der Waals surface area contributed by atoms with Crippen LogP contribution in [-0.2, 0) is 37.1 Å². The number of likely N-dealkylation sites (tertiary alicyclic amines) is 1. The van der Waals surface area contributed by atoms with Crippen LogP contribution in [0.3, 0.4) is 0 Å². The largest absolute Gasteiger partial charge is 0.467 e. The summed E-state index contributed by atoms with van der Waals surface area (Å²) >= 11 is 6.12. The fourth-order valence-corrected chi connectivity index (χ4v) is 4.21. The molecule has 0 unspecified atom stereocenters. The summed E-state index contributed by atoms with van der Waals surface area (Å²) in [6, 6.07) is 2.42. The zero-order valence-corrected chi connectivity index (χ0v) is 16.1. The molecular formula is C20H20ClNO6. The van der Waals surface area contributed by atoms with Gasteiger partial charge in [0.05, 0.1) is 18.4 Å². The molecule has 1 aromatic carbocycles. The van der Waals surface area contributed by atoms with Gasteiger partial charge in [0.15, 0.2) is 6.79 Å². The van der Waals surface area contributed by atoms with Crippen molar-refractivity contribution >= 4 is 29.4 Å². The zero-order valence-electron chi connectivity index (χ0n) is 15.4. The summed E-state index contributed by atoms with van der Waals surface area (Å²) in [5, 5.41) is 0.480. The molecule has 2 amide bonds. The maximum atomic E-state index is 12.6. The monoisotopic (exact) mass is 405 g/mol. The highest BCUT2D eigenvalue weighted by molar-refractivity contribution is 6.30. The molecule has 0 saturated carbocycles. The van der Waals surface area contributed by atoms with Gasteiger partial charge in [-0.1, -0.05) is 23.8 Å². The number of ether oxygens (including phenoxy) is 3. The first kappa shape index (κ1) is 19.0. The third kappa shape index (κ3) is 3.29. The van der Waals surface area contributed by atoms with Gasteiger partial charge in [-0.15, -0.1) is 0 Å². The van der Waals surface area contributed by atoms with Gasteiger partial charge in [-0.2, -0.15) is 0 Å². The van der Waals surface area contributed by atoms with Crippen molar-refractivity contribution in [3.8, 4) is 5.75 Å². The van der Waals surface area contributed by atoms with E-state index < -0.39 is 12.0 Å². The average molecular weight is 406 g/mol. The first-order chi connectivity index (χ1) is 13.5. The Morgan fingerprint density at radius 1 is 1.25 bits per heavy atom. The molecule has 4 rings (SSSR count). The first-order valence-corrected chi connectivity index (χ1v) is 9.55. The van der Waals surface area contributed by atoms with Crippen molar-refractivity contribution in [3.63, 3.8) is 0 Å². The fourth-order valence-electron chi connectivity index (χ4n) is 3.95. The second-order valence-corrected chi connectivity index (χ2v) is 7.59. The van der Waals surface area contributed by atoms with E-state index in [4.69, 9.17) is 25.8 Å². The maximum Gasteiger partial charge on any atom is 0.329 e. The Morgan fingerprint density at radius 2 is 1.93 bits per heavy atom. The van der Waals surface area contributed by atoms with Crippen LogP contribution in [0.1, 0.15) is 30.9 Å². The molecule has 28 heavy (non-hydrogen) atoms. The summed E-state index contributed by atoms with van der Waals surface area (Å²) in [5.74, 6) is -1.41. The molecule has 1 aromatic rings. The van der Waals surface area contributed by atoms with E-state index in [1.807, 2.05) is 12.2 Å². The van der Waals surface area contributed by atoms with Crippen molar-refractivity contribution < 1.29 is 28.6 Å². The molecule has 0 spiro atoms. The molecule has 3 aliphatic rings. The van der Waals surface area contributed by atoms with Gasteiger partial charge in [-0.05, 0) is 31.9 Å². The minimum atomic E-state index is -0.982. The minimum Gasteiger partial charge on any atom is -0.467 e. The van der Waals surface area contributed by atoms with Gasteiger partial charge in [0.25, 0.3) is 0 Å². The lowest BCUT2D eigenvalue weighted by Crippen LogP contribution is -2.44. The highest BCUT2D eigenvalue weighted by Gasteiger charge is 2.50. The van der Waals surface area contributed by atoms with E-state index in [0.717, 1.165) is 10.5 Å². The summed E-state index contributed by atoms with van der Waals surface area (Å²) in [7, 11) is 0. The predicted octanol–water partition coefficient (Wildman–Crippen LogP) is 2.59. The number of imide groups is 1. The normalized spacial score (nSPS) is 24.4. The summed E-state index contributed by atoms with van der Waals surface area (Å²) in [4.78, 5) is 38.9. The fraction of sp³-hybridized carbons (Fsp3) is 0.450. The number of benzene rings is 1. The van der Waals surface area contributed by atoms with Gasteiger partial charge >= 0.3 is 5.97 Å². The van der Waals surface area contributed by atoms with Crippen LogP contribution in [0.2, 0.25) is 5.02 Å². The summed E-state index contributed by atoms with van der Waals surface area (Å²) < 4.78 is 16.1. The minimum absolute atomic E-state index is 0.0727. The van der Waals surface area contributed by atoms with Gasteiger partial charge in [0.2, 0.25) is 11.8 Å². The number of esters is 1. The second-order valence-electron chi connectivity index (χ2n) is 7.15. The highest BCUT2D eigenvalue weighted by Crippen LogP contribution is 2.36. The third-order valence-electron chi connectivity index (χ3n) is 5.39. The van der Waals surface area contributed by atoms with E-state index in [-0.39, 0.29) is 37.0 Å². The molecule has 148 valence electrons. The van der Waals surface area contributed by atoms with E-state index in [1.165, 1.54) is 6.92 Å². The summed E-state index contributed by atoms with van der Waals surface area (Å²) in [5.41, 5.74) is 1.39. The maximum absolute atomic E-state index is 12.6. The van der Waals surface area contributed by atoms with Crippen molar-refractivity contribution in [3.05, 3.63) is 40.4 Å². The Labute approximate surface area is 167 Å². The Hall–Kier alpha value is -2.38. The quantitative estimate of drug-likeness (QED) is 0.435. The molecule has 0 aromatic heterocycles. The van der Waals surface area contributed by atoms with E-state index in [0.29, 0.717) is 35.8 Å². The van der Waals surface area contributed by atoms with Crippen LogP contribution in [0.5, 0.6) is 5.75 Å². The van der Waals surface area contributed by atoms with Crippen LogP contribution in [0, 0.1) is 11.8 Å². The lowest BCUT2D eigenvalue weighted by Gasteiger charge is -2.23. The summed E-state index contributed by atoms with van der Waals surface area (Å²) in [6.07, 6.45) is 4.87. The topological polar surface area (TPSA) is 82.1 Å². The molecular weight excluding hydrogens is 386 g/mol. The number of hydrogen-bond acceptors (Lipinski definition) is 6. The van der Waals surface area contributed by atoms with Crippen molar-refractivity contribution in [1.82, 2.24) is 4.90 Å². The van der Waals surface area contributed by atoms with Gasteiger partial charge in [0.1, 0.15) is 18.4 Å². The number of carbonyl (C=O) groups is 3. The van der Waals surface area contributed by atoms with Crippen molar-refractivity contribution in [1.29, 1.82) is 0 Å². The predicted molar refractivity (Wildman–Crippen MR) is 98.2 cm³/mol. The Bertz CT molecular complexity index is 840. The van der Waals surface area contributed by atoms with Crippen molar-refractivity contribution in [2.24, 2.45) is 11.8 Å². The van der Waals surface area contributed by atoms with Crippen LogP contribution < -0.4 is 4.74 Å². The zero-order chi connectivity index (χ0) is 19.8. The van der Waals surface area contributed by atoms with Crippen molar-refractivity contribution in [2.45, 2.75) is 39.0 Å². The van der Waals surface area contributed by atoms with E-state index >= 15 is 0 Å². The standard InChI is InChI=1S/C20H20ClNO6/c1-11(22-18(23)15-4-2-3-5-16(15)19(22)24)20(25)27-9-13-7-14(21)6-12-8-26-10-28-17(12)13/h2-3,6-7,11,15-16H,4-5,8-10H2,1H3/t11-,15-,16-/m0/s1. The summed E-state index contributed by atoms with van der Waals surface area (Å²) in [6.45, 7) is 1.91. The number of rotatable bonds is 4. The number of halogens is 1. The third-order valence-corrected chi connectivity index (χ3v) is 5.61. The van der Waals surface area contributed by atoms with E-state index in [2.05, 4.69) is 0 Å². The lowest BCUT2D eigenvalue weighted by molar-refractivity contribution is -0.159. The van der Waals surface area contributed by atoms with Gasteiger partial charge in [0, 0.05) is 16.1 Å². The Morgan fingerprint density at radius 3 is 2.61 bits per heavy atom. The molecule has 2 aliphatic heterocycles. The molecule has 2 heterocycles. The molecule has 0 N–H and O–H groups in total. The van der Waals surface area contributed by atoms with Crippen LogP contribution in [0.15, 0.2) is 24.3 Å².